The van der Waals surface area contributed by atoms with Crippen molar-refractivity contribution in [3.63, 3.8) is 0 Å². The van der Waals surface area contributed by atoms with Crippen molar-refractivity contribution in [2.45, 2.75) is 13.3 Å². The van der Waals surface area contributed by atoms with Crippen molar-refractivity contribution in [2.24, 2.45) is 0 Å². The first-order chi connectivity index (χ1) is 8.11. The van der Waals surface area contributed by atoms with E-state index >= 15 is 0 Å². The van der Waals surface area contributed by atoms with E-state index in [1.54, 1.807) is 4.90 Å². The van der Waals surface area contributed by atoms with Gasteiger partial charge < -0.3 is 10.2 Å². The minimum Gasteiger partial charge on any atom is -0.348 e. The van der Waals surface area contributed by atoms with Gasteiger partial charge in [-0.25, -0.2) is 0 Å². The van der Waals surface area contributed by atoms with Crippen LogP contribution in [0.1, 0.15) is 23.7 Å². The van der Waals surface area contributed by atoms with Crippen LogP contribution in [0.4, 0.5) is 5.69 Å². The number of fused-ring (bicyclic) bond motifs is 1. The molecule has 0 aliphatic carbocycles. The Hall–Kier alpha value is -0.690. The average molecular weight is 360 g/mol. The third kappa shape index (κ3) is 2.77. The van der Waals surface area contributed by atoms with Crippen molar-refractivity contribution in [3.8, 4) is 0 Å². The maximum absolute atomic E-state index is 12.3. The van der Waals surface area contributed by atoms with Crippen LogP contribution in [0.5, 0.6) is 0 Å². The zero-order valence-corrected chi connectivity index (χ0v) is 12.5. The Bertz CT molecular complexity index is 476. The molecule has 1 aromatic carbocycles. The number of amides is 1. The Morgan fingerprint density at radius 3 is 3.00 bits per heavy atom. The van der Waals surface area contributed by atoms with Crippen LogP contribution >= 0.6 is 34.8 Å². The number of thiocarbonyl (C=S) groups is 1. The fourth-order valence-electron chi connectivity index (χ4n) is 1.86. The van der Waals surface area contributed by atoms with Crippen molar-refractivity contribution in [1.29, 1.82) is 0 Å². The van der Waals surface area contributed by atoms with Crippen LogP contribution in [0, 0.1) is 3.57 Å². The predicted octanol–water partition coefficient (Wildman–Crippen LogP) is 2.90. The number of carbonyl (C=O) groups excluding carboxylic acids is 1. The van der Waals surface area contributed by atoms with Gasteiger partial charge >= 0.3 is 0 Å². The van der Waals surface area contributed by atoms with Crippen LogP contribution in [0.25, 0.3) is 0 Å². The van der Waals surface area contributed by atoms with Crippen LogP contribution in [0.3, 0.4) is 0 Å². The van der Waals surface area contributed by atoms with E-state index < -0.39 is 0 Å². The summed E-state index contributed by atoms with van der Waals surface area (Å²) in [7, 11) is 0. The van der Waals surface area contributed by atoms with E-state index in [1.807, 2.05) is 18.2 Å². The highest BCUT2D eigenvalue weighted by Gasteiger charge is 2.23. The Morgan fingerprint density at radius 1 is 1.53 bits per heavy atom. The van der Waals surface area contributed by atoms with E-state index in [-0.39, 0.29) is 5.91 Å². The molecule has 17 heavy (non-hydrogen) atoms. The van der Waals surface area contributed by atoms with E-state index in [1.165, 1.54) is 0 Å². The summed E-state index contributed by atoms with van der Waals surface area (Å²) < 4.78 is 1.09. The molecule has 1 amide bonds. The second-order valence-electron chi connectivity index (χ2n) is 3.96. The van der Waals surface area contributed by atoms with E-state index in [4.69, 9.17) is 12.2 Å². The predicted molar refractivity (Wildman–Crippen MR) is 81.6 cm³/mol. The number of nitrogens with one attached hydrogen (secondary N) is 1. The summed E-state index contributed by atoms with van der Waals surface area (Å²) in [6, 6.07) is 5.76. The fourth-order valence-corrected chi connectivity index (χ4v) is 2.62. The zero-order chi connectivity index (χ0) is 12.4. The summed E-state index contributed by atoms with van der Waals surface area (Å²) in [6.45, 7) is 3.31. The van der Waals surface area contributed by atoms with Gasteiger partial charge in [-0.2, -0.15) is 0 Å². The first-order valence-corrected chi connectivity index (χ1v) is 6.99. The first-order valence-electron chi connectivity index (χ1n) is 5.50. The Morgan fingerprint density at radius 2 is 2.29 bits per heavy atom. The molecule has 2 rings (SSSR count). The van der Waals surface area contributed by atoms with Crippen molar-refractivity contribution < 1.29 is 4.79 Å². The smallest absolute Gasteiger partial charge is 0.256 e. The molecule has 0 unspecified atom stereocenters. The van der Waals surface area contributed by atoms with Crippen molar-refractivity contribution in [2.75, 3.05) is 18.4 Å². The Balaban J connectivity index is 2.42. The SMILES string of the molecule is CCCN1CC(=S)Nc2cc(I)ccc2C1=O. The maximum Gasteiger partial charge on any atom is 0.256 e. The minimum absolute atomic E-state index is 0.0607. The molecule has 0 radical (unpaired) electrons. The van der Waals surface area contributed by atoms with Crippen molar-refractivity contribution >= 4 is 51.4 Å². The highest BCUT2D eigenvalue weighted by Crippen LogP contribution is 2.23. The molecule has 1 aliphatic rings. The summed E-state index contributed by atoms with van der Waals surface area (Å²) in [6.07, 6.45) is 0.939. The van der Waals surface area contributed by atoms with Gasteiger partial charge in [0.2, 0.25) is 0 Å². The molecule has 0 fully saturated rings. The number of hydrogen-bond donors (Lipinski definition) is 1. The van der Waals surface area contributed by atoms with Gasteiger partial charge in [-0.05, 0) is 47.2 Å². The molecule has 0 saturated carbocycles. The second kappa shape index (κ2) is 5.30. The van der Waals surface area contributed by atoms with Crippen LogP contribution in [0.2, 0.25) is 0 Å². The number of carbonyl (C=O) groups is 1. The number of nitrogens with zero attached hydrogens (tertiary/aromatic N) is 1. The Labute approximate surface area is 120 Å². The lowest BCUT2D eigenvalue weighted by molar-refractivity contribution is 0.0783. The standard InChI is InChI=1S/C12H13IN2OS/c1-2-5-15-7-11(17)14-10-6-8(13)3-4-9(10)12(15)16/h3-4,6H,2,5,7H2,1H3,(H,14,17). The topological polar surface area (TPSA) is 32.3 Å². The van der Waals surface area contributed by atoms with Gasteiger partial charge in [0, 0.05) is 10.1 Å². The van der Waals surface area contributed by atoms with Gasteiger partial charge in [0.05, 0.1) is 22.8 Å². The summed E-state index contributed by atoms with van der Waals surface area (Å²) in [5.41, 5.74) is 1.53. The van der Waals surface area contributed by atoms with Crippen molar-refractivity contribution in [1.82, 2.24) is 4.90 Å². The van der Waals surface area contributed by atoms with Crippen LogP contribution in [-0.4, -0.2) is 28.9 Å². The van der Waals surface area contributed by atoms with Crippen LogP contribution in [0.15, 0.2) is 18.2 Å². The molecule has 0 saturated heterocycles. The van der Waals surface area contributed by atoms with Crippen LogP contribution in [-0.2, 0) is 0 Å². The largest absolute Gasteiger partial charge is 0.348 e. The summed E-state index contributed by atoms with van der Waals surface area (Å²) in [5.74, 6) is 0.0607. The normalized spacial score (nSPS) is 15.3. The number of halogens is 1. The van der Waals surface area contributed by atoms with E-state index in [2.05, 4.69) is 34.8 Å². The maximum atomic E-state index is 12.3. The highest BCUT2D eigenvalue weighted by atomic mass is 127. The molecule has 1 N–H and O–H groups in total. The molecular formula is C12H13IN2OS. The summed E-state index contributed by atoms with van der Waals surface area (Å²) >= 11 is 7.48. The molecular weight excluding hydrogens is 347 g/mol. The first kappa shape index (κ1) is 12.8. The van der Waals surface area contributed by atoms with Crippen molar-refractivity contribution in [3.05, 3.63) is 27.3 Å². The van der Waals surface area contributed by atoms with E-state index in [9.17, 15) is 4.79 Å². The molecule has 0 bridgehead atoms. The average Bonchev–Trinajstić information content (AvgIpc) is 2.37. The van der Waals surface area contributed by atoms with Gasteiger partial charge in [0.15, 0.2) is 0 Å². The lowest BCUT2D eigenvalue weighted by Gasteiger charge is -2.19. The second-order valence-corrected chi connectivity index (χ2v) is 5.70. The third-order valence-electron chi connectivity index (χ3n) is 2.60. The number of hydrogen-bond acceptors (Lipinski definition) is 2. The molecule has 0 spiro atoms. The molecule has 1 aromatic rings. The minimum atomic E-state index is 0.0607. The molecule has 0 aromatic heterocycles. The Kier molecular flexibility index (Phi) is 3.98. The van der Waals surface area contributed by atoms with Crippen LogP contribution < -0.4 is 5.32 Å². The number of anilines is 1. The van der Waals surface area contributed by atoms with Gasteiger partial charge in [-0.3, -0.25) is 4.79 Å². The molecule has 5 heteroatoms. The monoisotopic (exact) mass is 360 g/mol. The lowest BCUT2D eigenvalue weighted by atomic mass is 10.1. The van der Waals surface area contributed by atoms with Gasteiger partial charge in [-0.1, -0.05) is 19.1 Å². The summed E-state index contributed by atoms with van der Waals surface area (Å²) in [4.78, 5) is 14.8. The summed E-state index contributed by atoms with van der Waals surface area (Å²) in [5, 5.41) is 3.15. The van der Waals surface area contributed by atoms with E-state index in [0.717, 1.165) is 22.2 Å². The number of rotatable bonds is 2. The molecule has 0 atom stereocenters. The van der Waals surface area contributed by atoms with Gasteiger partial charge in [-0.15, -0.1) is 0 Å². The fraction of sp³-hybridized carbons (Fsp3) is 0.333. The lowest BCUT2D eigenvalue weighted by Crippen LogP contribution is -2.34. The highest BCUT2D eigenvalue weighted by molar-refractivity contribution is 14.1. The quantitative estimate of drug-likeness (QED) is 0.650. The third-order valence-corrected chi connectivity index (χ3v) is 3.50. The molecule has 1 aliphatic heterocycles. The molecule has 1 heterocycles. The van der Waals surface area contributed by atoms with E-state index in [0.29, 0.717) is 17.1 Å². The number of benzene rings is 1. The molecule has 90 valence electrons. The van der Waals surface area contributed by atoms with Gasteiger partial charge in [0.25, 0.3) is 5.91 Å². The zero-order valence-electron chi connectivity index (χ0n) is 9.50. The molecule has 3 nitrogen and oxygen atoms in total. The van der Waals surface area contributed by atoms with Gasteiger partial charge in [0.1, 0.15) is 0 Å².